The molecule has 0 atom stereocenters. The maximum atomic E-state index is 11.8. The summed E-state index contributed by atoms with van der Waals surface area (Å²) in [6.07, 6.45) is 2.23. The minimum absolute atomic E-state index is 0.0395. The van der Waals surface area contributed by atoms with Crippen molar-refractivity contribution in [2.75, 3.05) is 0 Å². The summed E-state index contributed by atoms with van der Waals surface area (Å²) < 4.78 is 0. The summed E-state index contributed by atoms with van der Waals surface area (Å²) in [7, 11) is 0. The maximum absolute atomic E-state index is 11.8. The van der Waals surface area contributed by atoms with Crippen LogP contribution < -0.4 is 5.43 Å². The lowest BCUT2D eigenvalue weighted by atomic mass is 10.1. The zero-order valence-corrected chi connectivity index (χ0v) is 13.2. The molecule has 0 spiro atoms. The zero-order chi connectivity index (χ0) is 15.8. The minimum atomic E-state index is -0.0395. The van der Waals surface area contributed by atoms with E-state index in [1.165, 1.54) is 11.1 Å². The van der Waals surface area contributed by atoms with E-state index in [-0.39, 0.29) is 5.91 Å². The molecule has 2 aromatic carbocycles. The van der Waals surface area contributed by atoms with Gasteiger partial charge in [0, 0.05) is 6.42 Å². The van der Waals surface area contributed by atoms with Gasteiger partial charge in [0.1, 0.15) is 0 Å². The first-order valence-electron chi connectivity index (χ1n) is 7.59. The van der Waals surface area contributed by atoms with Gasteiger partial charge in [-0.25, -0.2) is 5.43 Å². The van der Waals surface area contributed by atoms with Gasteiger partial charge in [-0.1, -0.05) is 60.2 Å². The fourth-order valence-corrected chi connectivity index (χ4v) is 2.16. The van der Waals surface area contributed by atoms with Crippen LogP contribution in [0.15, 0.2) is 59.7 Å². The standard InChI is InChI=1S/C19H22N2O/c1-15-11-13-18(14-12-15)16(2)20-21-19(22)10-6-9-17-7-4-3-5-8-17/h3-5,7-8,11-14H,6,9-10H2,1-2H3,(H,21,22)/b20-16+. The molecule has 0 aliphatic rings. The van der Waals surface area contributed by atoms with Crippen molar-refractivity contribution in [3.05, 3.63) is 71.3 Å². The van der Waals surface area contributed by atoms with Crippen molar-refractivity contribution in [1.29, 1.82) is 0 Å². The molecule has 2 rings (SSSR count). The number of hydrogen-bond donors (Lipinski definition) is 1. The summed E-state index contributed by atoms with van der Waals surface area (Å²) >= 11 is 0. The molecule has 0 fully saturated rings. The SMILES string of the molecule is C/C(=N\NC(=O)CCCc1ccccc1)c1ccc(C)cc1. The molecule has 114 valence electrons. The van der Waals surface area contributed by atoms with Crippen molar-refractivity contribution in [3.63, 3.8) is 0 Å². The van der Waals surface area contributed by atoms with E-state index in [4.69, 9.17) is 0 Å². The van der Waals surface area contributed by atoms with Crippen LogP contribution in [0.3, 0.4) is 0 Å². The Bertz CT molecular complexity index is 630. The maximum Gasteiger partial charge on any atom is 0.240 e. The third-order valence-electron chi connectivity index (χ3n) is 3.53. The van der Waals surface area contributed by atoms with E-state index in [2.05, 4.69) is 22.7 Å². The van der Waals surface area contributed by atoms with Gasteiger partial charge in [0.25, 0.3) is 0 Å². The number of benzene rings is 2. The molecular formula is C19H22N2O. The lowest BCUT2D eigenvalue weighted by Gasteiger charge is -2.04. The van der Waals surface area contributed by atoms with Gasteiger partial charge >= 0.3 is 0 Å². The van der Waals surface area contributed by atoms with E-state index in [9.17, 15) is 4.79 Å². The normalized spacial score (nSPS) is 11.3. The van der Waals surface area contributed by atoms with Crippen molar-refractivity contribution in [3.8, 4) is 0 Å². The van der Waals surface area contributed by atoms with Crippen LogP contribution in [0.4, 0.5) is 0 Å². The van der Waals surface area contributed by atoms with Crippen molar-refractivity contribution in [2.24, 2.45) is 5.10 Å². The highest BCUT2D eigenvalue weighted by molar-refractivity contribution is 5.99. The number of rotatable bonds is 6. The first kappa shape index (κ1) is 16.0. The molecule has 0 radical (unpaired) electrons. The van der Waals surface area contributed by atoms with E-state index >= 15 is 0 Å². The Labute approximate surface area is 132 Å². The summed E-state index contributed by atoms with van der Waals surface area (Å²) in [4.78, 5) is 11.8. The van der Waals surface area contributed by atoms with Crippen molar-refractivity contribution in [1.82, 2.24) is 5.43 Å². The first-order chi connectivity index (χ1) is 10.6. The number of hydrogen-bond acceptors (Lipinski definition) is 2. The monoisotopic (exact) mass is 294 g/mol. The molecular weight excluding hydrogens is 272 g/mol. The molecule has 0 bridgehead atoms. The predicted octanol–water partition coefficient (Wildman–Crippen LogP) is 3.86. The molecule has 22 heavy (non-hydrogen) atoms. The molecule has 1 N–H and O–H groups in total. The highest BCUT2D eigenvalue weighted by Gasteiger charge is 2.02. The van der Waals surface area contributed by atoms with Gasteiger partial charge in [0.05, 0.1) is 5.71 Å². The van der Waals surface area contributed by atoms with E-state index in [0.29, 0.717) is 6.42 Å². The largest absolute Gasteiger partial charge is 0.273 e. The van der Waals surface area contributed by atoms with Gasteiger partial charge in [0.15, 0.2) is 0 Å². The van der Waals surface area contributed by atoms with E-state index in [1.54, 1.807) is 0 Å². The fourth-order valence-electron chi connectivity index (χ4n) is 2.16. The van der Waals surface area contributed by atoms with Gasteiger partial charge in [-0.05, 0) is 37.8 Å². The second-order valence-electron chi connectivity index (χ2n) is 5.44. The smallest absolute Gasteiger partial charge is 0.240 e. The Morgan fingerprint density at radius 3 is 2.41 bits per heavy atom. The summed E-state index contributed by atoms with van der Waals surface area (Å²) in [5.74, 6) is -0.0395. The Morgan fingerprint density at radius 1 is 1.05 bits per heavy atom. The molecule has 3 heteroatoms. The number of amides is 1. The zero-order valence-electron chi connectivity index (χ0n) is 13.2. The van der Waals surface area contributed by atoms with Crippen LogP contribution in [0.25, 0.3) is 0 Å². The number of carbonyl (C=O) groups excluding carboxylic acids is 1. The quantitative estimate of drug-likeness (QED) is 0.638. The predicted molar refractivity (Wildman–Crippen MR) is 90.9 cm³/mol. The summed E-state index contributed by atoms with van der Waals surface area (Å²) in [6, 6.07) is 18.3. The van der Waals surface area contributed by atoms with Gasteiger partial charge in [-0.2, -0.15) is 5.10 Å². The summed E-state index contributed by atoms with van der Waals surface area (Å²) in [6.45, 7) is 3.94. The van der Waals surface area contributed by atoms with Crippen molar-refractivity contribution in [2.45, 2.75) is 33.1 Å². The average Bonchev–Trinajstić information content (AvgIpc) is 2.54. The highest BCUT2D eigenvalue weighted by atomic mass is 16.2. The molecule has 0 heterocycles. The van der Waals surface area contributed by atoms with Gasteiger partial charge in [-0.15, -0.1) is 0 Å². The molecule has 0 saturated heterocycles. The Balaban J connectivity index is 1.77. The van der Waals surface area contributed by atoms with Gasteiger partial charge < -0.3 is 0 Å². The summed E-state index contributed by atoms with van der Waals surface area (Å²) in [5, 5.41) is 4.17. The third kappa shape index (κ3) is 5.17. The molecule has 0 aliphatic heterocycles. The summed E-state index contributed by atoms with van der Waals surface area (Å²) in [5.41, 5.74) is 6.94. The fraction of sp³-hybridized carbons (Fsp3) is 0.263. The molecule has 2 aromatic rings. The third-order valence-corrected chi connectivity index (χ3v) is 3.53. The minimum Gasteiger partial charge on any atom is -0.273 e. The van der Waals surface area contributed by atoms with Crippen LogP contribution in [0.2, 0.25) is 0 Å². The molecule has 1 amide bonds. The second-order valence-corrected chi connectivity index (χ2v) is 5.44. The van der Waals surface area contributed by atoms with Crippen LogP contribution in [0.1, 0.15) is 36.5 Å². The van der Waals surface area contributed by atoms with E-state index in [0.717, 1.165) is 24.1 Å². The number of nitrogens with one attached hydrogen (secondary N) is 1. The number of carbonyl (C=O) groups is 1. The Morgan fingerprint density at radius 2 is 1.73 bits per heavy atom. The molecule has 0 aromatic heterocycles. The first-order valence-corrected chi connectivity index (χ1v) is 7.59. The van der Waals surface area contributed by atoms with Gasteiger partial charge in [0.2, 0.25) is 5.91 Å². The van der Waals surface area contributed by atoms with Crippen LogP contribution in [-0.2, 0) is 11.2 Å². The molecule has 0 aliphatic carbocycles. The second kappa shape index (κ2) is 8.13. The molecule has 0 saturated carbocycles. The molecule has 0 unspecified atom stereocenters. The van der Waals surface area contributed by atoms with Gasteiger partial charge in [-0.3, -0.25) is 4.79 Å². The lowest BCUT2D eigenvalue weighted by Crippen LogP contribution is -2.19. The topological polar surface area (TPSA) is 41.5 Å². The lowest BCUT2D eigenvalue weighted by molar-refractivity contribution is -0.121. The Hall–Kier alpha value is -2.42. The van der Waals surface area contributed by atoms with Crippen LogP contribution in [-0.4, -0.2) is 11.6 Å². The number of hydrazone groups is 1. The highest BCUT2D eigenvalue weighted by Crippen LogP contribution is 2.05. The van der Waals surface area contributed by atoms with Crippen molar-refractivity contribution >= 4 is 11.6 Å². The molecule has 3 nitrogen and oxygen atoms in total. The Kier molecular flexibility index (Phi) is 5.90. The van der Waals surface area contributed by atoms with Crippen LogP contribution in [0.5, 0.6) is 0 Å². The number of aryl methyl sites for hydroxylation is 2. The van der Waals surface area contributed by atoms with Crippen LogP contribution in [0, 0.1) is 6.92 Å². The number of nitrogens with zero attached hydrogens (tertiary/aromatic N) is 1. The van der Waals surface area contributed by atoms with Crippen LogP contribution >= 0.6 is 0 Å². The van der Waals surface area contributed by atoms with Crippen molar-refractivity contribution < 1.29 is 4.79 Å². The van der Waals surface area contributed by atoms with E-state index < -0.39 is 0 Å². The van der Waals surface area contributed by atoms with E-state index in [1.807, 2.05) is 56.3 Å². The average molecular weight is 294 g/mol.